The minimum atomic E-state index is -0.993. The van der Waals surface area contributed by atoms with E-state index in [4.69, 9.17) is 4.74 Å². The molecule has 1 amide bonds. The first-order valence-corrected chi connectivity index (χ1v) is 10.1. The van der Waals surface area contributed by atoms with E-state index in [2.05, 4.69) is 0 Å². The number of carbonyl (C=O) groups is 2. The number of nitrogens with zero attached hydrogens (tertiary/aromatic N) is 1. The zero-order chi connectivity index (χ0) is 18.7. The minimum Gasteiger partial charge on any atom is -0.481 e. The number of benzene rings is 1. The zero-order valence-corrected chi connectivity index (χ0v) is 16.3. The molecule has 2 fully saturated rings. The van der Waals surface area contributed by atoms with Gasteiger partial charge >= 0.3 is 5.97 Å². The molecule has 0 spiro atoms. The van der Waals surface area contributed by atoms with Crippen molar-refractivity contribution < 1.29 is 19.4 Å². The Balaban J connectivity index is 1.81. The summed E-state index contributed by atoms with van der Waals surface area (Å²) in [6.45, 7) is 2.77. The SMILES string of the molecule is COCC1(C(=O)O)CCN(C(=O)c2cc(C)ccc2SC2CCCC2)C1. The van der Waals surface area contributed by atoms with E-state index in [9.17, 15) is 14.7 Å². The molecule has 0 radical (unpaired) electrons. The van der Waals surface area contributed by atoms with E-state index in [1.165, 1.54) is 32.8 Å². The number of amides is 1. The first-order chi connectivity index (χ1) is 12.4. The van der Waals surface area contributed by atoms with E-state index < -0.39 is 11.4 Å². The van der Waals surface area contributed by atoms with Gasteiger partial charge in [-0.3, -0.25) is 9.59 Å². The Hall–Kier alpha value is -1.53. The number of hydrogen-bond acceptors (Lipinski definition) is 4. The van der Waals surface area contributed by atoms with Gasteiger partial charge in [-0.25, -0.2) is 0 Å². The van der Waals surface area contributed by atoms with Crippen LogP contribution in [0.2, 0.25) is 0 Å². The Bertz CT molecular complexity index is 686. The fraction of sp³-hybridized carbons (Fsp3) is 0.600. The second kappa shape index (κ2) is 8.01. The Morgan fingerprint density at radius 2 is 2.08 bits per heavy atom. The molecule has 1 saturated heterocycles. The summed E-state index contributed by atoms with van der Waals surface area (Å²) in [4.78, 5) is 27.6. The number of carboxylic acid groups (broad SMARTS) is 1. The number of methoxy groups -OCH3 is 1. The van der Waals surface area contributed by atoms with Gasteiger partial charge in [0.2, 0.25) is 0 Å². The second-order valence-corrected chi connectivity index (χ2v) is 8.86. The van der Waals surface area contributed by atoms with E-state index in [0.717, 1.165) is 10.5 Å². The summed E-state index contributed by atoms with van der Waals surface area (Å²) in [6.07, 6.45) is 5.35. The third kappa shape index (κ3) is 3.91. The van der Waals surface area contributed by atoms with Crippen molar-refractivity contribution in [3.05, 3.63) is 29.3 Å². The average Bonchev–Trinajstić information content (AvgIpc) is 3.27. The smallest absolute Gasteiger partial charge is 0.313 e. The lowest BCUT2D eigenvalue weighted by molar-refractivity contribution is -0.151. The molecule has 3 rings (SSSR count). The number of carboxylic acids is 1. The number of aryl methyl sites for hydroxylation is 1. The molecule has 6 heteroatoms. The number of thioether (sulfide) groups is 1. The van der Waals surface area contributed by atoms with Gasteiger partial charge in [-0.05, 0) is 38.3 Å². The van der Waals surface area contributed by atoms with Crippen molar-refractivity contribution in [1.29, 1.82) is 0 Å². The molecule has 1 heterocycles. The quantitative estimate of drug-likeness (QED) is 0.821. The van der Waals surface area contributed by atoms with E-state index in [0.29, 0.717) is 23.8 Å². The van der Waals surface area contributed by atoms with E-state index in [1.807, 2.05) is 25.1 Å². The molecule has 1 atom stereocenters. The Labute approximate surface area is 159 Å². The van der Waals surface area contributed by atoms with E-state index >= 15 is 0 Å². The van der Waals surface area contributed by atoms with Crippen LogP contribution in [0.4, 0.5) is 0 Å². The van der Waals surface area contributed by atoms with Crippen LogP contribution >= 0.6 is 11.8 Å². The van der Waals surface area contributed by atoms with Crippen molar-refractivity contribution in [1.82, 2.24) is 4.90 Å². The molecule has 142 valence electrons. The summed E-state index contributed by atoms with van der Waals surface area (Å²) < 4.78 is 5.13. The topological polar surface area (TPSA) is 66.8 Å². The van der Waals surface area contributed by atoms with Crippen LogP contribution < -0.4 is 0 Å². The number of hydrogen-bond donors (Lipinski definition) is 1. The molecule has 1 saturated carbocycles. The van der Waals surface area contributed by atoms with Crippen LogP contribution in [0.1, 0.15) is 48.0 Å². The molecule has 26 heavy (non-hydrogen) atoms. The summed E-state index contributed by atoms with van der Waals surface area (Å²) >= 11 is 1.80. The van der Waals surface area contributed by atoms with Crippen LogP contribution in [-0.2, 0) is 9.53 Å². The van der Waals surface area contributed by atoms with Gasteiger partial charge in [0.25, 0.3) is 5.91 Å². The molecule has 1 unspecified atom stereocenters. The highest BCUT2D eigenvalue weighted by molar-refractivity contribution is 8.00. The Morgan fingerprint density at radius 1 is 1.35 bits per heavy atom. The highest BCUT2D eigenvalue weighted by Gasteiger charge is 2.46. The molecule has 1 aromatic carbocycles. The molecule has 1 aliphatic heterocycles. The molecule has 2 aliphatic rings. The van der Waals surface area contributed by atoms with Gasteiger partial charge in [0, 0.05) is 30.3 Å². The van der Waals surface area contributed by atoms with Crippen LogP contribution in [-0.4, -0.2) is 53.9 Å². The van der Waals surface area contributed by atoms with Crippen LogP contribution in [0.25, 0.3) is 0 Å². The molecule has 1 aliphatic carbocycles. The first kappa shape index (κ1) is 19.2. The van der Waals surface area contributed by atoms with Gasteiger partial charge in [0.15, 0.2) is 0 Å². The van der Waals surface area contributed by atoms with Crippen molar-refractivity contribution >= 4 is 23.6 Å². The molecular weight excluding hydrogens is 350 g/mol. The third-order valence-electron chi connectivity index (χ3n) is 5.48. The average molecular weight is 378 g/mol. The first-order valence-electron chi connectivity index (χ1n) is 9.24. The number of rotatable bonds is 6. The number of likely N-dealkylation sites (tertiary alicyclic amines) is 1. The highest BCUT2D eigenvalue weighted by atomic mass is 32.2. The summed E-state index contributed by atoms with van der Waals surface area (Å²) in [7, 11) is 1.51. The number of ether oxygens (including phenoxy) is 1. The zero-order valence-electron chi connectivity index (χ0n) is 15.5. The fourth-order valence-corrected chi connectivity index (χ4v) is 5.29. The summed E-state index contributed by atoms with van der Waals surface area (Å²) in [6, 6.07) is 6.03. The summed E-state index contributed by atoms with van der Waals surface area (Å²) in [5, 5.41) is 10.2. The molecule has 1 N–H and O–H groups in total. The lowest BCUT2D eigenvalue weighted by atomic mass is 9.88. The van der Waals surface area contributed by atoms with Crippen molar-refractivity contribution in [2.75, 3.05) is 26.8 Å². The highest BCUT2D eigenvalue weighted by Crippen LogP contribution is 2.38. The number of aliphatic carboxylic acids is 1. The minimum absolute atomic E-state index is 0.0616. The molecule has 1 aromatic rings. The number of carbonyl (C=O) groups excluding carboxylic acids is 1. The predicted molar refractivity (Wildman–Crippen MR) is 102 cm³/mol. The van der Waals surface area contributed by atoms with Crippen LogP contribution in [0.3, 0.4) is 0 Å². The van der Waals surface area contributed by atoms with Crippen molar-refractivity contribution in [2.24, 2.45) is 5.41 Å². The van der Waals surface area contributed by atoms with Gasteiger partial charge in [-0.2, -0.15) is 0 Å². The fourth-order valence-electron chi connectivity index (χ4n) is 3.95. The summed E-state index contributed by atoms with van der Waals surface area (Å²) in [5.41, 5.74) is 0.762. The van der Waals surface area contributed by atoms with E-state index in [1.54, 1.807) is 16.7 Å². The molecule has 0 aromatic heterocycles. The summed E-state index contributed by atoms with van der Waals surface area (Å²) in [5.74, 6) is -0.951. The van der Waals surface area contributed by atoms with Crippen molar-refractivity contribution in [3.63, 3.8) is 0 Å². The largest absolute Gasteiger partial charge is 0.481 e. The van der Waals surface area contributed by atoms with E-state index in [-0.39, 0.29) is 19.1 Å². The van der Waals surface area contributed by atoms with Crippen LogP contribution in [0.15, 0.2) is 23.1 Å². The van der Waals surface area contributed by atoms with Gasteiger partial charge in [0.05, 0.1) is 12.2 Å². The Kier molecular flexibility index (Phi) is 5.92. The molecule has 0 bridgehead atoms. The third-order valence-corrected chi connectivity index (χ3v) is 6.89. The van der Waals surface area contributed by atoms with Crippen molar-refractivity contribution in [3.8, 4) is 0 Å². The van der Waals surface area contributed by atoms with Gasteiger partial charge in [-0.15, -0.1) is 11.8 Å². The Morgan fingerprint density at radius 3 is 2.73 bits per heavy atom. The van der Waals surface area contributed by atoms with Crippen molar-refractivity contribution in [2.45, 2.75) is 49.2 Å². The van der Waals surface area contributed by atoms with Crippen LogP contribution in [0.5, 0.6) is 0 Å². The van der Waals surface area contributed by atoms with Crippen LogP contribution in [0, 0.1) is 12.3 Å². The normalized spacial score (nSPS) is 23.5. The monoisotopic (exact) mass is 377 g/mol. The maximum atomic E-state index is 13.2. The molecular formula is C20H27NO4S. The maximum absolute atomic E-state index is 13.2. The molecule has 5 nitrogen and oxygen atoms in total. The standard InChI is InChI=1S/C20H27NO4S/c1-14-7-8-17(26-15-5-3-4-6-15)16(11-14)18(22)21-10-9-20(12-21,13-25-2)19(23)24/h7-8,11,15H,3-6,9-10,12-13H2,1-2H3,(H,23,24). The maximum Gasteiger partial charge on any atom is 0.313 e. The lowest BCUT2D eigenvalue weighted by Gasteiger charge is -2.24. The predicted octanol–water partition coefficient (Wildman–Crippen LogP) is 3.59. The lowest BCUT2D eigenvalue weighted by Crippen LogP contribution is -2.40. The van der Waals surface area contributed by atoms with Gasteiger partial charge in [0.1, 0.15) is 5.41 Å². The van der Waals surface area contributed by atoms with Gasteiger partial charge in [-0.1, -0.05) is 24.5 Å². The van der Waals surface area contributed by atoms with Gasteiger partial charge < -0.3 is 14.7 Å². The second-order valence-electron chi connectivity index (χ2n) is 7.52.